The van der Waals surface area contributed by atoms with E-state index in [1.807, 2.05) is 30.3 Å². The summed E-state index contributed by atoms with van der Waals surface area (Å²) in [6.07, 6.45) is 3.26. The summed E-state index contributed by atoms with van der Waals surface area (Å²) >= 11 is 3.36. The summed E-state index contributed by atoms with van der Waals surface area (Å²) in [4.78, 5) is 12.0. The van der Waals surface area contributed by atoms with Crippen molar-refractivity contribution in [1.82, 2.24) is 0 Å². The monoisotopic (exact) mass is 343 g/mol. The van der Waals surface area contributed by atoms with Crippen molar-refractivity contribution >= 4 is 27.4 Å². The number of halogens is 1. The zero-order valence-electron chi connectivity index (χ0n) is 12.1. The second kappa shape index (κ2) is 7.23. The highest BCUT2D eigenvalue weighted by molar-refractivity contribution is 9.10. The molecular formula is C18H18BrNO. The van der Waals surface area contributed by atoms with E-state index in [-0.39, 0.29) is 5.78 Å². The van der Waals surface area contributed by atoms with Crippen molar-refractivity contribution in [3.8, 4) is 0 Å². The summed E-state index contributed by atoms with van der Waals surface area (Å²) in [6.45, 7) is 4.30. The molecule has 21 heavy (non-hydrogen) atoms. The minimum Gasteiger partial charge on any atom is -0.361 e. The number of hydrogen-bond donors (Lipinski definition) is 1. The largest absolute Gasteiger partial charge is 0.361 e. The molecule has 2 aromatic rings. The Morgan fingerprint density at radius 2 is 1.76 bits per heavy atom. The average Bonchev–Trinajstić information content (AvgIpc) is 2.48. The second-order valence-corrected chi connectivity index (χ2v) is 6.01. The molecule has 0 heterocycles. The lowest BCUT2D eigenvalue weighted by Crippen LogP contribution is -1.99. The normalized spacial score (nSPS) is 11.0. The molecule has 0 unspecified atom stereocenters. The number of carbonyl (C=O) groups excluding carboxylic acids is 1. The predicted molar refractivity (Wildman–Crippen MR) is 91.8 cm³/mol. The summed E-state index contributed by atoms with van der Waals surface area (Å²) in [5.74, 6) is 0.418. The quantitative estimate of drug-likeness (QED) is 0.583. The van der Waals surface area contributed by atoms with Crippen molar-refractivity contribution in [2.45, 2.75) is 19.8 Å². The first-order valence-corrected chi connectivity index (χ1v) is 7.69. The predicted octanol–water partition coefficient (Wildman–Crippen LogP) is 5.38. The molecule has 2 rings (SSSR count). The Bertz CT molecular complexity index is 645. The molecule has 108 valence electrons. The SMILES string of the molecule is CC(C)c1ccccc1NC=CC(=O)c1ccc(Br)cc1. The van der Waals surface area contributed by atoms with Gasteiger partial charge >= 0.3 is 0 Å². The molecule has 0 atom stereocenters. The zero-order valence-corrected chi connectivity index (χ0v) is 13.7. The molecule has 0 amide bonds. The van der Waals surface area contributed by atoms with Gasteiger partial charge in [0.2, 0.25) is 0 Å². The molecule has 0 aromatic heterocycles. The van der Waals surface area contributed by atoms with Gasteiger partial charge in [-0.25, -0.2) is 0 Å². The van der Waals surface area contributed by atoms with Gasteiger partial charge in [-0.3, -0.25) is 4.79 Å². The number of nitrogens with one attached hydrogen (secondary N) is 1. The van der Waals surface area contributed by atoms with Gasteiger partial charge in [0.15, 0.2) is 5.78 Å². The Labute approximate surface area is 134 Å². The molecule has 0 saturated heterocycles. The minimum absolute atomic E-state index is 0.0166. The summed E-state index contributed by atoms with van der Waals surface area (Å²) in [7, 11) is 0. The molecule has 0 spiro atoms. The molecule has 3 heteroatoms. The molecule has 1 N–H and O–H groups in total. The first-order valence-electron chi connectivity index (χ1n) is 6.90. The van der Waals surface area contributed by atoms with Crippen LogP contribution < -0.4 is 5.32 Å². The standard InChI is InChI=1S/C18H18BrNO/c1-13(2)16-5-3-4-6-17(16)20-12-11-18(21)14-7-9-15(19)10-8-14/h3-13,20H,1-2H3. The van der Waals surface area contributed by atoms with Crippen LogP contribution in [0.5, 0.6) is 0 Å². The van der Waals surface area contributed by atoms with Crippen molar-refractivity contribution in [2.75, 3.05) is 5.32 Å². The Hall–Kier alpha value is -1.87. The number of anilines is 1. The molecule has 2 aromatic carbocycles. The number of benzene rings is 2. The lowest BCUT2D eigenvalue weighted by molar-refractivity contribution is 0.104. The van der Waals surface area contributed by atoms with Crippen molar-refractivity contribution in [2.24, 2.45) is 0 Å². The maximum atomic E-state index is 12.0. The average molecular weight is 344 g/mol. The summed E-state index contributed by atoms with van der Waals surface area (Å²) in [5.41, 5.74) is 2.94. The van der Waals surface area contributed by atoms with Crippen LogP contribution in [-0.4, -0.2) is 5.78 Å². The van der Waals surface area contributed by atoms with Crippen LogP contribution in [0.25, 0.3) is 0 Å². The van der Waals surface area contributed by atoms with Gasteiger partial charge in [0.25, 0.3) is 0 Å². The number of carbonyl (C=O) groups is 1. The number of rotatable bonds is 5. The zero-order chi connectivity index (χ0) is 15.2. The van der Waals surface area contributed by atoms with Gasteiger partial charge in [0.05, 0.1) is 0 Å². The highest BCUT2D eigenvalue weighted by Crippen LogP contribution is 2.23. The van der Waals surface area contributed by atoms with Crippen LogP contribution >= 0.6 is 15.9 Å². The van der Waals surface area contributed by atoms with Crippen LogP contribution in [0.1, 0.15) is 35.7 Å². The lowest BCUT2D eigenvalue weighted by atomic mass is 10.0. The van der Waals surface area contributed by atoms with Gasteiger partial charge in [0, 0.05) is 28.0 Å². The first-order chi connectivity index (χ1) is 10.1. The maximum Gasteiger partial charge on any atom is 0.187 e. The van der Waals surface area contributed by atoms with Crippen molar-refractivity contribution in [3.63, 3.8) is 0 Å². The highest BCUT2D eigenvalue weighted by atomic mass is 79.9. The van der Waals surface area contributed by atoms with Crippen molar-refractivity contribution in [3.05, 3.63) is 76.4 Å². The Morgan fingerprint density at radius 3 is 2.43 bits per heavy atom. The highest BCUT2D eigenvalue weighted by Gasteiger charge is 2.04. The van der Waals surface area contributed by atoms with Gasteiger partial charge < -0.3 is 5.32 Å². The Morgan fingerprint density at radius 1 is 1.10 bits per heavy atom. The summed E-state index contributed by atoms with van der Waals surface area (Å²) < 4.78 is 0.965. The molecule has 0 saturated carbocycles. The van der Waals surface area contributed by atoms with E-state index in [1.165, 1.54) is 5.56 Å². The molecular weight excluding hydrogens is 326 g/mol. The fourth-order valence-corrected chi connectivity index (χ4v) is 2.31. The smallest absolute Gasteiger partial charge is 0.187 e. The van der Waals surface area contributed by atoms with Crippen LogP contribution in [0.4, 0.5) is 5.69 Å². The number of para-hydroxylation sites is 1. The third kappa shape index (κ3) is 4.30. The van der Waals surface area contributed by atoms with Gasteiger partial charge in [-0.1, -0.05) is 48.0 Å². The molecule has 0 radical (unpaired) electrons. The Kier molecular flexibility index (Phi) is 5.34. The van der Waals surface area contributed by atoms with Crippen LogP contribution in [0, 0.1) is 0 Å². The van der Waals surface area contributed by atoms with Gasteiger partial charge in [-0.15, -0.1) is 0 Å². The fourth-order valence-electron chi connectivity index (χ4n) is 2.05. The van der Waals surface area contributed by atoms with Crippen LogP contribution in [0.15, 0.2) is 65.3 Å². The third-order valence-electron chi connectivity index (χ3n) is 3.19. The van der Waals surface area contributed by atoms with Crippen LogP contribution in [0.3, 0.4) is 0 Å². The lowest BCUT2D eigenvalue weighted by Gasteiger charge is -2.11. The van der Waals surface area contributed by atoms with E-state index >= 15 is 0 Å². The van der Waals surface area contributed by atoms with Gasteiger partial charge in [-0.2, -0.15) is 0 Å². The van der Waals surface area contributed by atoms with Gasteiger partial charge in [0.1, 0.15) is 0 Å². The van der Waals surface area contributed by atoms with E-state index in [4.69, 9.17) is 0 Å². The van der Waals surface area contributed by atoms with E-state index in [2.05, 4.69) is 41.2 Å². The molecule has 2 nitrogen and oxygen atoms in total. The van der Waals surface area contributed by atoms with E-state index in [1.54, 1.807) is 24.4 Å². The summed E-state index contributed by atoms with van der Waals surface area (Å²) in [5, 5.41) is 3.20. The van der Waals surface area contributed by atoms with Crippen molar-refractivity contribution in [1.29, 1.82) is 0 Å². The molecule has 0 aliphatic carbocycles. The van der Waals surface area contributed by atoms with Gasteiger partial charge in [-0.05, 0) is 41.8 Å². The number of hydrogen-bond acceptors (Lipinski definition) is 2. The third-order valence-corrected chi connectivity index (χ3v) is 3.71. The maximum absolute atomic E-state index is 12.0. The van der Waals surface area contributed by atoms with Crippen LogP contribution in [-0.2, 0) is 0 Å². The number of allylic oxidation sites excluding steroid dienone is 1. The van der Waals surface area contributed by atoms with E-state index in [9.17, 15) is 4.79 Å². The first kappa shape index (κ1) is 15.5. The van der Waals surface area contributed by atoms with Crippen LogP contribution in [0.2, 0.25) is 0 Å². The topological polar surface area (TPSA) is 29.1 Å². The summed E-state index contributed by atoms with van der Waals surface area (Å²) in [6, 6.07) is 15.5. The van der Waals surface area contributed by atoms with E-state index in [0.717, 1.165) is 10.2 Å². The molecule has 0 bridgehead atoms. The van der Waals surface area contributed by atoms with Crippen molar-refractivity contribution < 1.29 is 4.79 Å². The fraction of sp³-hybridized carbons (Fsp3) is 0.167. The molecule has 0 aliphatic rings. The molecule has 0 aliphatic heterocycles. The second-order valence-electron chi connectivity index (χ2n) is 5.09. The molecule has 0 fully saturated rings. The van der Waals surface area contributed by atoms with E-state index < -0.39 is 0 Å². The number of ketones is 1. The minimum atomic E-state index is -0.0166. The van der Waals surface area contributed by atoms with E-state index in [0.29, 0.717) is 11.5 Å². The Balaban J connectivity index is 2.06.